The van der Waals surface area contributed by atoms with Crippen molar-refractivity contribution < 1.29 is 9.32 Å². The van der Waals surface area contributed by atoms with Crippen molar-refractivity contribution in [1.82, 2.24) is 15.1 Å². The zero-order valence-corrected chi connectivity index (χ0v) is 13.9. The van der Waals surface area contributed by atoms with Crippen molar-refractivity contribution in [3.05, 3.63) is 66.2 Å². The number of hydrogen-bond donors (Lipinski definition) is 2. The number of nitrogens with zero attached hydrogens (tertiary/aromatic N) is 3. The molecule has 2 aromatic heterocycles. The minimum atomic E-state index is -0.379. The van der Waals surface area contributed by atoms with Gasteiger partial charge in [-0.15, -0.1) is 0 Å². The summed E-state index contributed by atoms with van der Waals surface area (Å²) in [6.45, 7) is 1.68. The van der Waals surface area contributed by atoms with Gasteiger partial charge in [-0.05, 0) is 17.7 Å². The average molecular weight is 345 g/mol. The number of nitrogens with two attached hydrogens (primary N) is 1. The second-order valence-corrected chi connectivity index (χ2v) is 5.78. The molecular formula is C19H15N5O2. The predicted octanol–water partition coefficient (Wildman–Crippen LogP) is 3.43. The van der Waals surface area contributed by atoms with Crippen molar-refractivity contribution in [2.75, 3.05) is 11.1 Å². The molecule has 1 amide bonds. The number of nitrogens with one attached hydrogen (secondary N) is 1. The molecule has 26 heavy (non-hydrogen) atoms. The number of rotatable bonds is 3. The van der Waals surface area contributed by atoms with Crippen LogP contribution in [0.15, 0.2) is 59.4 Å². The smallest absolute Gasteiger partial charge is 0.262 e. The molecule has 2 heterocycles. The van der Waals surface area contributed by atoms with E-state index in [1.54, 1.807) is 6.92 Å². The Balaban J connectivity index is 1.68. The van der Waals surface area contributed by atoms with Crippen LogP contribution in [-0.4, -0.2) is 21.0 Å². The highest BCUT2D eigenvalue weighted by atomic mass is 16.5. The van der Waals surface area contributed by atoms with E-state index in [9.17, 15) is 4.79 Å². The maximum Gasteiger partial charge on any atom is 0.262 e. The standard InChI is InChI=1S/C19H15N5O2/c1-11-15(10-26-24-11)19(25)23-16-9-21-17(18(20)22-16)14-8-4-6-12-5-2-3-7-13(12)14/h2-10H,1H3,(H3,20,22,23,25). The average Bonchev–Trinajstić information content (AvgIpc) is 3.08. The number of fused-ring (bicyclic) bond motifs is 1. The van der Waals surface area contributed by atoms with E-state index < -0.39 is 0 Å². The molecule has 0 saturated heterocycles. The number of carbonyl (C=O) groups is 1. The number of aromatic nitrogens is 3. The molecule has 0 radical (unpaired) electrons. The van der Waals surface area contributed by atoms with Crippen LogP contribution in [0.2, 0.25) is 0 Å². The van der Waals surface area contributed by atoms with Crippen molar-refractivity contribution in [3.8, 4) is 11.3 Å². The fourth-order valence-electron chi connectivity index (χ4n) is 2.80. The number of carbonyl (C=O) groups excluding carboxylic acids is 1. The Labute approximate surface area is 148 Å². The molecule has 0 aliphatic rings. The molecule has 0 unspecified atom stereocenters. The highest BCUT2D eigenvalue weighted by Gasteiger charge is 2.15. The third-order valence-corrected chi connectivity index (χ3v) is 4.08. The summed E-state index contributed by atoms with van der Waals surface area (Å²) in [6, 6.07) is 13.9. The lowest BCUT2D eigenvalue weighted by molar-refractivity contribution is 0.102. The molecule has 0 atom stereocenters. The Morgan fingerprint density at radius 3 is 2.73 bits per heavy atom. The van der Waals surface area contributed by atoms with Crippen molar-refractivity contribution >= 4 is 28.3 Å². The van der Waals surface area contributed by atoms with E-state index in [0.717, 1.165) is 16.3 Å². The zero-order valence-electron chi connectivity index (χ0n) is 13.9. The SMILES string of the molecule is Cc1nocc1C(=O)Nc1cnc(-c2cccc3ccccc23)c(N)n1. The summed E-state index contributed by atoms with van der Waals surface area (Å²) in [5.74, 6) is 0.119. The lowest BCUT2D eigenvalue weighted by Gasteiger charge is -2.10. The molecule has 0 bridgehead atoms. The van der Waals surface area contributed by atoms with E-state index in [4.69, 9.17) is 10.3 Å². The summed E-state index contributed by atoms with van der Waals surface area (Å²) in [6.07, 6.45) is 2.76. The molecule has 0 spiro atoms. The van der Waals surface area contributed by atoms with Crippen LogP contribution in [0, 0.1) is 6.92 Å². The largest absolute Gasteiger partial charge is 0.382 e. The Kier molecular flexibility index (Phi) is 3.81. The quantitative estimate of drug-likeness (QED) is 0.589. The van der Waals surface area contributed by atoms with E-state index in [0.29, 0.717) is 17.0 Å². The predicted molar refractivity (Wildman–Crippen MR) is 98.6 cm³/mol. The molecule has 4 rings (SSSR count). The van der Waals surface area contributed by atoms with E-state index in [-0.39, 0.29) is 17.5 Å². The first-order chi connectivity index (χ1) is 12.6. The minimum absolute atomic E-state index is 0.237. The van der Waals surface area contributed by atoms with Gasteiger partial charge in [0.25, 0.3) is 5.91 Å². The lowest BCUT2D eigenvalue weighted by Crippen LogP contribution is -2.14. The molecule has 2 aromatic carbocycles. The Hall–Kier alpha value is -3.74. The summed E-state index contributed by atoms with van der Waals surface area (Å²) in [5, 5.41) is 8.46. The number of benzene rings is 2. The molecule has 0 aliphatic heterocycles. The van der Waals surface area contributed by atoms with Gasteiger partial charge in [-0.1, -0.05) is 47.6 Å². The first kappa shape index (κ1) is 15.8. The summed E-state index contributed by atoms with van der Waals surface area (Å²) in [5.41, 5.74) is 8.41. The summed E-state index contributed by atoms with van der Waals surface area (Å²) in [4.78, 5) is 20.9. The summed E-state index contributed by atoms with van der Waals surface area (Å²) in [7, 11) is 0. The van der Waals surface area contributed by atoms with Gasteiger partial charge in [0.05, 0.1) is 11.9 Å². The minimum Gasteiger partial charge on any atom is -0.382 e. The molecule has 7 heteroatoms. The van der Waals surface area contributed by atoms with Crippen LogP contribution in [0.25, 0.3) is 22.0 Å². The van der Waals surface area contributed by atoms with Crippen molar-refractivity contribution in [3.63, 3.8) is 0 Å². The van der Waals surface area contributed by atoms with Gasteiger partial charge in [-0.25, -0.2) is 9.97 Å². The number of anilines is 2. The van der Waals surface area contributed by atoms with Gasteiger partial charge >= 0.3 is 0 Å². The highest BCUT2D eigenvalue weighted by Crippen LogP contribution is 2.30. The normalized spacial score (nSPS) is 10.8. The van der Waals surface area contributed by atoms with Crippen LogP contribution < -0.4 is 11.1 Å². The van der Waals surface area contributed by atoms with Crippen LogP contribution in [-0.2, 0) is 0 Å². The van der Waals surface area contributed by atoms with Gasteiger partial charge in [0.1, 0.15) is 17.5 Å². The van der Waals surface area contributed by atoms with Crippen LogP contribution in [0.5, 0.6) is 0 Å². The zero-order chi connectivity index (χ0) is 18.1. The van der Waals surface area contributed by atoms with Gasteiger partial charge in [-0.2, -0.15) is 0 Å². The van der Waals surface area contributed by atoms with E-state index in [1.807, 2.05) is 42.5 Å². The van der Waals surface area contributed by atoms with Gasteiger partial charge in [-0.3, -0.25) is 4.79 Å². The fourth-order valence-corrected chi connectivity index (χ4v) is 2.80. The maximum atomic E-state index is 12.2. The second-order valence-electron chi connectivity index (χ2n) is 5.78. The fraction of sp³-hybridized carbons (Fsp3) is 0.0526. The van der Waals surface area contributed by atoms with Gasteiger partial charge in [0.2, 0.25) is 0 Å². The third kappa shape index (κ3) is 2.75. The Morgan fingerprint density at radius 2 is 1.96 bits per heavy atom. The van der Waals surface area contributed by atoms with E-state index in [2.05, 4.69) is 20.4 Å². The van der Waals surface area contributed by atoms with Gasteiger partial charge in [0, 0.05) is 5.56 Å². The molecule has 3 N–H and O–H groups in total. The van der Waals surface area contributed by atoms with Crippen LogP contribution in [0.1, 0.15) is 16.1 Å². The van der Waals surface area contributed by atoms with Crippen LogP contribution >= 0.6 is 0 Å². The number of aryl methyl sites for hydroxylation is 1. The first-order valence-electron chi connectivity index (χ1n) is 7.96. The monoisotopic (exact) mass is 345 g/mol. The molecule has 4 aromatic rings. The number of hydrogen-bond acceptors (Lipinski definition) is 6. The van der Waals surface area contributed by atoms with E-state index >= 15 is 0 Å². The Bertz CT molecular complexity index is 1110. The molecule has 128 valence electrons. The van der Waals surface area contributed by atoms with Gasteiger partial charge < -0.3 is 15.6 Å². The molecule has 0 saturated carbocycles. The first-order valence-corrected chi connectivity index (χ1v) is 7.96. The molecular weight excluding hydrogens is 330 g/mol. The Morgan fingerprint density at radius 1 is 1.15 bits per heavy atom. The maximum absolute atomic E-state index is 12.2. The highest BCUT2D eigenvalue weighted by molar-refractivity contribution is 6.04. The molecule has 0 aliphatic carbocycles. The van der Waals surface area contributed by atoms with Crippen LogP contribution in [0.4, 0.5) is 11.6 Å². The number of amides is 1. The number of nitrogen functional groups attached to an aromatic ring is 1. The molecule has 7 nitrogen and oxygen atoms in total. The van der Waals surface area contributed by atoms with Crippen LogP contribution in [0.3, 0.4) is 0 Å². The summed E-state index contributed by atoms with van der Waals surface area (Å²) >= 11 is 0. The lowest BCUT2D eigenvalue weighted by atomic mass is 10.0. The second kappa shape index (κ2) is 6.29. The third-order valence-electron chi connectivity index (χ3n) is 4.08. The topological polar surface area (TPSA) is 107 Å². The van der Waals surface area contributed by atoms with Crippen molar-refractivity contribution in [1.29, 1.82) is 0 Å². The van der Waals surface area contributed by atoms with E-state index in [1.165, 1.54) is 12.5 Å². The molecule has 0 fully saturated rings. The van der Waals surface area contributed by atoms with Gasteiger partial charge in [0.15, 0.2) is 11.6 Å². The summed E-state index contributed by atoms with van der Waals surface area (Å²) < 4.78 is 4.77. The van der Waals surface area contributed by atoms with Crippen molar-refractivity contribution in [2.45, 2.75) is 6.92 Å². The van der Waals surface area contributed by atoms with Crippen molar-refractivity contribution in [2.24, 2.45) is 0 Å².